The lowest BCUT2D eigenvalue weighted by molar-refractivity contribution is -0.137. The van der Waals surface area contributed by atoms with Gasteiger partial charge in [-0.25, -0.2) is 13.5 Å². The first-order chi connectivity index (χ1) is 12.6. The van der Waals surface area contributed by atoms with Gasteiger partial charge in [-0.3, -0.25) is 4.79 Å². The lowest BCUT2D eigenvalue weighted by Crippen LogP contribution is -2.35. The summed E-state index contributed by atoms with van der Waals surface area (Å²) in [6.45, 7) is -0.0163. The molecule has 0 saturated carbocycles. The van der Waals surface area contributed by atoms with Crippen LogP contribution in [0.1, 0.15) is 21.5 Å². The molecule has 10 heteroatoms. The van der Waals surface area contributed by atoms with Crippen molar-refractivity contribution in [3.8, 4) is 0 Å². The van der Waals surface area contributed by atoms with E-state index in [0.29, 0.717) is 11.8 Å². The molecule has 5 nitrogen and oxygen atoms in total. The number of thiol groups is 1. The molecule has 0 unspecified atom stereocenters. The van der Waals surface area contributed by atoms with Crippen LogP contribution in [0.5, 0.6) is 0 Å². The fourth-order valence-electron chi connectivity index (χ4n) is 2.19. The molecule has 144 valence electrons. The first-order valence-corrected chi connectivity index (χ1v) is 8.02. The van der Waals surface area contributed by atoms with Gasteiger partial charge in [0.25, 0.3) is 0 Å². The maximum Gasteiger partial charge on any atom is 0.416 e. The summed E-state index contributed by atoms with van der Waals surface area (Å²) in [7, 11) is 0. The number of nitrogens with zero attached hydrogens (tertiary/aromatic N) is 1. The molecular weight excluding hydrogens is 386 g/mol. The molecule has 0 spiro atoms. The number of urea groups is 1. The van der Waals surface area contributed by atoms with E-state index in [1.165, 1.54) is 24.3 Å². The number of carbonyl (C=O) groups excluding carboxylic acids is 2. The summed E-state index contributed by atoms with van der Waals surface area (Å²) in [5, 5.41) is 2.47. The molecule has 0 heterocycles. The topological polar surface area (TPSA) is 75.4 Å². The molecular formula is C17H15F4N3O2S. The van der Waals surface area contributed by atoms with Crippen molar-refractivity contribution < 1.29 is 27.2 Å². The molecule has 2 aromatic carbocycles. The van der Waals surface area contributed by atoms with Crippen molar-refractivity contribution in [1.29, 1.82) is 0 Å². The number of carbonyl (C=O) groups is 2. The number of primary amides is 1. The van der Waals surface area contributed by atoms with Crippen molar-refractivity contribution in [2.75, 3.05) is 10.8 Å². The molecule has 3 N–H and O–H groups in total. The second-order valence-corrected chi connectivity index (χ2v) is 5.91. The van der Waals surface area contributed by atoms with Crippen molar-refractivity contribution in [3.63, 3.8) is 0 Å². The monoisotopic (exact) mass is 401 g/mol. The fourth-order valence-corrected chi connectivity index (χ4v) is 2.39. The van der Waals surface area contributed by atoms with E-state index in [9.17, 15) is 27.2 Å². The molecule has 27 heavy (non-hydrogen) atoms. The predicted octanol–water partition coefficient (Wildman–Crippen LogP) is 3.55. The SMILES string of the molecule is NC(=O)c1ccc(N(S)C(=O)NCCc2ccc(C(F)(F)F)cc2F)cc1. The van der Waals surface area contributed by atoms with Gasteiger partial charge >= 0.3 is 12.2 Å². The number of amides is 3. The number of benzene rings is 2. The molecule has 0 bridgehead atoms. The average Bonchev–Trinajstić information content (AvgIpc) is 2.61. The Hall–Kier alpha value is -2.75. The van der Waals surface area contributed by atoms with Gasteiger partial charge in [0.2, 0.25) is 5.91 Å². The van der Waals surface area contributed by atoms with Crippen molar-refractivity contribution in [3.05, 3.63) is 65.0 Å². The Morgan fingerprint density at radius 1 is 1.11 bits per heavy atom. The van der Waals surface area contributed by atoms with Crippen LogP contribution in [0.15, 0.2) is 42.5 Å². The van der Waals surface area contributed by atoms with Crippen molar-refractivity contribution in [2.24, 2.45) is 5.73 Å². The Balaban J connectivity index is 1.92. The molecule has 0 aromatic heterocycles. The number of hydrogen-bond donors (Lipinski definition) is 3. The van der Waals surface area contributed by atoms with Crippen LogP contribution in [0, 0.1) is 5.82 Å². The first kappa shape index (κ1) is 20.6. The van der Waals surface area contributed by atoms with Crippen LogP contribution in [0.4, 0.5) is 28.0 Å². The van der Waals surface area contributed by atoms with Gasteiger partial charge < -0.3 is 11.1 Å². The maximum absolute atomic E-state index is 13.8. The molecule has 0 aliphatic heterocycles. The van der Waals surface area contributed by atoms with E-state index >= 15 is 0 Å². The van der Waals surface area contributed by atoms with Gasteiger partial charge in [0.05, 0.1) is 11.3 Å². The third-order valence-electron chi connectivity index (χ3n) is 3.64. The Bertz CT molecular complexity index is 841. The van der Waals surface area contributed by atoms with Crippen molar-refractivity contribution >= 4 is 30.4 Å². The van der Waals surface area contributed by atoms with Gasteiger partial charge in [-0.15, -0.1) is 0 Å². The van der Waals surface area contributed by atoms with Crippen LogP contribution in [0.2, 0.25) is 0 Å². The van der Waals surface area contributed by atoms with E-state index in [4.69, 9.17) is 5.73 Å². The van der Waals surface area contributed by atoms with Gasteiger partial charge in [-0.2, -0.15) is 13.2 Å². The Kier molecular flexibility index (Phi) is 6.32. The third kappa shape index (κ3) is 5.36. The summed E-state index contributed by atoms with van der Waals surface area (Å²) in [4.78, 5) is 23.0. The van der Waals surface area contributed by atoms with Crippen LogP contribution < -0.4 is 15.4 Å². The van der Waals surface area contributed by atoms with Gasteiger partial charge in [-0.1, -0.05) is 18.9 Å². The lowest BCUT2D eigenvalue weighted by atomic mass is 10.1. The van der Waals surface area contributed by atoms with E-state index in [1.807, 2.05) is 0 Å². The summed E-state index contributed by atoms with van der Waals surface area (Å²) < 4.78 is 52.3. The minimum absolute atomic E-state index is 0.00204. The summed E-state index contributed by atoms with van der Waals surface area (Å²) in [5.74, 6) is -1.61. The Morgan fingerprint density at radius 3 is 2.26 bits per heavy atom. The zero-order chi connectivity index (χ0) is 20.2. The van der Waals surface area contributed by atoms with Crippen molar-refractivity contribution in [1.82, 2.24) is 5.32 Å². The lowest BCUT2D eigenvalue weighted by Gasteiger charge is -2.17. The summed E-state index contributed by atoms with van der Waals surface area (Å²) >= 11 is 4.03. The Morgan fingerprint density at radius 2 is 1.74 bits per heavy atom. The van der Waals surface area contributed by atoms with Gasteiger partial charge in [0.15, 0.2) is 0 Å². The molecule has 0 fully saturated rings. The molecule has 0 aliphatic carbocycles. The van der Waals surface area contributed by atoms with E-state index in [-0.39, 0.29) is 24.1 Å². The molecule has 0 aliphatic rings. The largest absolute Gasteiger partial charge is 0.416 e. The van der Waals surface area contributed by atoms with Gasteiger partial charge in [0.1, 0.15) is 5.82 Å². The van der Waals surface area contributed by atoms with Gasteiger partial charge in [0, 0.05) is 12.1 Å². The second kappa shape index (κ2) is 8.30. The Labute approximate surface area is 157 Å². The van der Waals surface area contributed by atoms with Crippen LogP contribution in [-0.2, 0) is 12.6 Å². The fraction of sp³-hybridized carbons (Fsp3) is 0.176. The zero-order valence-corrected chi connectivity index (χ0v) is 14.7. The highest BCUT2D eigenvalue weighted by atomic mass is 32.1. The molecule has 0 radical (unpaired) electrons. The standard InChI is InChI=1S/C17H15F4N3O2S/c18-14-9-12(17(19,20)21)4-1-10(14)7-8-23-16(26)24(27)13-5-2-11(3-6-13)15(22)25/h1-6,9,27H,7-8H2,(H2,22,25)(H,23,26). The average molecular weight is 401 g/mol. The number of halogens is 4. The smallest absolute Gasteiger partial charge is 0.366 e. The maximum atomic E-state index is 13.8. The zero-order valence-electron chi connectivity index (χ0n) is 13.8. The molecule has 3 amide bonds. The van der Waals surface area contributed by atoms with Crippen LogP contribution in [-0.4, -0.2) is 18.5 Å². The van der Waals surface area contributed by atoms with E-state index in [2.05, 4.69) is 18.1 Å². The number of alkyl halides is 3. The summed E-state index contributed by atoms with van der Waals surface area (Å²) in [5.41, 5.74) is 4.71. The summed E-state index contributed by atoms with van der Waals surface area (Å²) in [6, 6.07) is 7.37. The first-order valence-electron chi connectivity index (χ1n) is 7.62. The number of nitrogens with two attached hydrogens (primary N) is 1. The molecule has 0 atom stereocenters. The van der Waals surface area contributed by atoms with Crippen LogP contribution in [0.3, 0.4) is 0 Å². The number of nitrogens with one attached hydrogen (secondary N) is 1. The van der Waals surface area contributed by atoms with E-state index in [1.54, 1.807) is 0 Å². The normalized spacial score (nSPS) is 11.1. The highest BCUT2D eigenvalue weighted by molar-refractivity contribution is 7.82. The number of hydrogen-bond acceptors (Lipinski definition) is 3. The predicted molar refractivity (Wildman–Crippen MR) is 94.9 cm³/mol. The third-order valence-corrected chi connectivity index (χ3v) is 4.05. The highest BCUT2D eigenvalue weighted by Gasteiger charge is 2.31. The highest BCUT2D eigenvalue weighted by Crippen LogP contribution is 2.30. The minimum atomic E-state index is -4.62. The second-order valence-electron chi connectivity index (χ2n) is 5.51. The minimum Gasteiger partial charge on any atom is -0.366 e. The van der Waals surface area contributed by atoms with E-state index in [0.717, 1.165) is 16.4 Å². The quantitative estimate of drug-likeness (QED) is 0.530. The number of anilines is 1. The van der Waals surface area contributed by atoms with Crippen LogP contribution >= 0.6 is 12.8 Å². The molecule has 2 rings (SSSR count). The number of rotatable bonds is 5. The van der Waals surface area contributed by atoms with Crippen LogP contribution in [0.25, 0.3) is 0 Å². The van der Waals surface area contributed by atoms with E-state index < -0.39 is 29.5 Å². The van der Waals surface area contributed by atoms with Gasteiger partial charge in [-0.05, 0) is 48.4 Å². The summed E-state index contributed by atoms with van der Waals surface area (Å²) in [6.07, 6.45) is -4.62. The molecule has 2 aromatic rings. The van der Waals surface area contributed by atoms with Crippen molar-refractivity contribution in [2.45, 2.75) is 12.6 Å². The molecule has 0 saturated heterocycles.